The minimum atomic E-state index is -2.69. The monoisotopic (exact) mass is 414 g/mol. The largest absolute Gasteiger partial charge is 0.444 e. The van der Waals surface area contributed by atoms with Gasteiger partial charge in [-0.05, 0) is 51.5 Å². The number of likely N-dealkylation sites (tertiary alicyclic amines) is 1. The number of nitrogens with zero attached hydrogens (tertiary/aromatic N) is 3. The van der Waals surface area contributed by atoms with Crippen LogP contribution in [0.3, 0.4) is 0 Å². The van der Waals surface area contributed by atoms with Gasteiger partial charge in [0.2, 0.25) is 0 Å². The number of hydrogen-bond donors (Lipinski definition) is 1. The number of ether oxygens (including phenoxy) is 1. The number of anilines is 1. The number of amides is 1. The van der Waals surface area contributed by atoms with Crippen molar-refractivity contribution in [3.8, 4) is 0 Å². The molecule has 3 aliphatic rings. The zero-order valence-electron chi connectivity index (χ0n) is 16.2. The summed E-state index contributed by atoms with van der Waals surface area (Å²) in [6.07, 6.45) is 1.27. The fourth-order valence-electron chi connectivity index (χ4n) is 4.40. The highest BCUT2D eigenvalue weighted by Crippen LogP contribution is 2.57. The van der Waals surface area contributed by atoms with Gasteiger partial charge in [0, 0.05) is 31.1 Å². The lowest BCUT2D eigenvalue weighted by molar-refractivity contribution is 0.0280. The average molecular weight is 415 g/mol. The summed E-state index contributed by atoms with van der Waals surface area (Å²) in [5, 5.41) is 11.3. The van der Waals surface area contributed by atoms with E-state index < -0.39 is 17.4 Å². The Morgan fingerprint density at radius 2 is 1.89 bits per heavy atom. The normalized spacial score (nSPS) is 30.9. The molecule has 0 aromatic carbocycles. The first-order valence-corrected chi connectivity index (χ1v) is 10.0. The summed E-state index contributed by atoms with van der Waals surface area (Å²) < 4.78 is 32.6. The van der Waals surface area contributed by atoms with Gasteiger partial charge in [0.25, 0.3) is 5.92 Å². The molecular formula is C19H25ClF2N4O2. The van der Waals surface area contributed by atoms with Gasteiger partial charge in [-0.15, -0.1) is 10.2 Å². The van der Waals surface area contributed by atoms with Crippen molar-refractivity contribution in [3.05, 3.63) is 16.8 Å². The van der Waals surface area contributed by atoms with E-state index in [1.807, 2.05) is 20.8 Å². The second kappa shape index (κ2) is 6.68. The number of carbonyl (C=O) groups excluding carboxylic acids is 1. The maximum Gasteiger partial charge on any atom is 0.410 e. The molecule has 9 heteroatoms. The van der Waals surface area contributed by atoms with E-state index in [4.69, 9.17) is 16.3 Å². The molecule has 0 radical (unpaired) electrons. The minimum Gasteiger partial charge on any atom is -0.444 e. The van der Waals surface area contributed by atoms with Crippen LogP contribution in [-0.4, -0.2) is 51.8 Å². The lowest BCUT2D eigenvalue weighted by Crippen LogP contribution is -2.36. The van der Waals surface area contributed by atoms with Gasteiger partial charge in [-0.1, -0.05) is 11.6 Å². The van der Waals surface area contributed by atoms with E-state index in [1.54, 1.807) is 4.90 Å². The van der Waals surface area contributed by atoms with Gasteiger partial charge in [-0.3, -0.25) is 0 Å². The van der Waals surface area contributed by atoms with Crippen LogP contribution >= 0.6 is 11.6 Å². The van der Waals surface area contributed by atoms with E-state index in [-0.39, 0.29) is 23.7 Å². The second-order valence-corrected chi connectivity index (χ2v) is 9.59. The van der Waals surface area contributed by atoms with Crippen LogP contribution in [0.4, 0.5) is 19.4 Å². The van der Waals surface area contributed by atoms with Crippen molar-refractivity contribution in [1.29, 1.82) is 0 Å². The molecule has 1 aromatic rings. The Morgan fingerprint density at radius 1 is 1.29 bits per heavy atom. The maximum absolute atomic E-state index is 13.6. The van der Waals surface area contributed by atoms with Gasteiger partial charge >= 0.3 is 6.09 Å². The third-order valence-corrected chi connectivity index (χ3v) is 5.92. The van der Waals surface area contributed by atoms with Crippen LogP contribution < -0.4 is 5.32 Å². The summed E-state index contributed by atoms with van der Waals surface area (Å²) >= 11 is 5.87. The summed E-state index contributed by atoms with van der Waals surface area (Å²) in [4.78, 5) is 14.0. The Labute approximate surface area is 168 Å². The SMILES string of the molecule is CC(C)(C)OC(=O)N1C[C@H]2CC(Nc3nnc(Cl)cc3C3CC3(F)F)C[C@H]2C1. The van der Waals surface area contributed by atoms with E-state index in [9.17, 15) is 13.6 Å². The molecule has 1 N–H and O–H groups in total. The molecule has 3 fully saturated rings. The first-order chi connectivity index (χ1) is 13.0. The van der Waals surface area contributed by atoms with Crippen LogP contribution in [0.25, 0.3) is 0 Å². The smallest absolute Gasteiger partial charge is 0.410 e. The fourth-order valence-corrected chi connectivity index (χ4v) is 4.55. The van der Waals surface area contributed by atoms with E-state index in [1.165, 1.54) is 6.07 Å². The standard InChI is InChI=1S/C19H25ClF2N4O2/c1-18(2,3)28-17(27)26-8-10-4-12(5-11(10)9-26)23-16-13(6-15(20)24-25-16)14-7-19(14,21)22/h6,10-12,14H,4-5,7-9H2,1-3H3,(H,23,25)/t10-,11+,12?,14?. The van der Waals surface area contributed by atoms with Crippen LogP contribution in [0.5, 0.6) is 0 Å². The maximum atomic E-state index is 13.6. The number of fused-ring (bicyclic) bond motifs is 1. The van der Waals surface area contributed by atoms with E-state index in [0.717, 1.165) is 12.8 Å². The van der Waals surface area contributed by atoms with Crippen molar-refractivity contribution in [3.63, 3.8) is 0 Å². The lowest BCUT2D eigenvalue weighted by Gasteiger charge is -2.25. The Bertz CT molecular complexity index is 772. The molecule has 2 heterocycles. The molecule has 2 unspecified atom stereocenters. The lowest BCUT2D eigenvalue weighted by atomic mass is 10.0. The van der Waals surface area contributed by atoms with Gasteiger partial charge in [0.15, 0.2) is 11.0 Å². The average Bonchev–Trinajstić information content (AvgIpc) is 2.88. The molecule has 1 saturated heterocycles. The summed E-state index contributed by atoms with van der Waals surface area (Å²) in [6.45, 7) is 6.90. The molecule has 0 bridgehead atoms. The Balaban J connectivity index is 1.37. The number of nitrogens with one attached hydrogen (secondary N) is 1. The predicted molar refractivity (Wildman–Crippen MR) is 101 cm³/mol. The Morgan fingerprint density at radius 3 is 2.43 bits per heavy atom. The van der Waals surface area contributed by atoms with E-state index in [2.05, 4.69) is 15.5 Å². The van der Waals surface area contributed by atoms with Crippen LogP contribution in [0.2, 0.25) is 5.15 Å². The quantitative estimate of drug-likeness (QED) is 0.798. The number of rotatable bonds is 3. The van der Waals surface area contributed by atoms with Crippen molar-refractivity contribution >= 4 is 23.5 Å². The Hall–Kier alpha value is -1.70. The molecule has 2 saturated carbocycles. The van der Waals surface area contributed by atoms with Gasteiger partial charge in [0.1, 0.15) is 5.60 Å². The third kappa shape index (κ3) is 4.02. The summed E-state index contributed by atoms with van der Waals surface area (Å²) in [7, 11) is 0. The topological polar surface area (TPSA) is 67.3 Å². The molecule has 4 rings (SSSR count). The molecule has 28 heavy (non-hydrogen) atoms. The van der Waals surface area contributed by atoms with Crippen molar-refractivity contribution in [2.45, 2.75) is 63.5 Å². The minimum absolute atomic E-state index is 0.123. The third-order valence-electron chi connectivity index (χ3n) is 5.74. The number of alkyl halides is 2. The predicted octanol–water partition coefficient (Wildman–Crippen LogP) is 4.31. The van der Waals surface area contributed by atoms with Crippen LogP contribution in [0, 0.1) is 11.8 Å². The molecule has 154 valence electrons. The van der Waals surface area contributed by atoms with Crippen LogP contribution in [0.15, 0.2) is 6.07 Å². The van der Waals surface area contributed by atoms with Gasteiger partial charge < -0.3 is 15.0 Å². The summed E-state index contributed by atoms with van der Waals surface area (Å²) in [5.41, 5.74) is -0.0645. The second-order valence-electron chi connectivity index (χ2n) is 9.21. The zero-order valence-corrected chi connectivity index (χ0v) is 17.0. The highest BCUT2D eigenvalue weighted by Gasteiger charge is 2.59. The van der Waals surface area contributed by atoms with Gasteiger partial charge in [-0.25, -0.2) is 13.6 Å². The van der Waals surface area contributed by atoms with Crippen molar-refractivity contribution in [1.82, 2.24) is 15.1 Å². The number of aromatic nitrogens is 2. The molecule has 1 aliphatic heterocycles. The first kappa shape index (κ1) is 19.6. The fraction of sp³-hybridized carbons (Fsp3) is 0.737. The van der Waals surface area contributed by atoms with Crippen molar-refractivity contribution in [2.75, 3.05) is 18.4 Å². The first-order valence-electron chi connectivity index (χ1n) is 9.67. The van der Waals surface area contributed by atoms with Crippen LogP contribution in [-0.2, 0) is 4.74 Å². The molecule has 6 nitrogen and oxygen atoms in total. The Kier molecular flexibility index (Phi) is 4.68. The van der Waals surface area contributed by atoms with Gasteiger partial charge in [0.05, 0.1) is 5.92 Å². The van der Waals surface area contributed by atoms with Crippen molar-refractivity contribution < 1.29 is 18.3 Å². The highest BCUT2D eigenvalue weighted by molar-refractivity contribution is 6.29. The number of carbonyl (C=O) groups is 1. The van der Waals surface area contributed by atoms with Gasteiger partial charge in [-0.2, -0.15) is 0 Å². The van der Waals surface area contributed by atoms with E-state index in [0.29, 0.717) is 36.3 Å². The summed E-state index contributed by atoms with van der Waals surface area (Å²) in [6, 6.07) is 1.61. The summed E-state index contributed by atoms with van der Waals surface area (Å²) in [5.74, 6) is -2.39. The van der Waals surface area contributed by atoms with E-state index >= 15 is 0 Å². The zero-order chi connectivity index (χ0) is 20.3. The molecular weight excluding hydrogens is 390 g/mol. The molecule has 4 atom stereocenters. The number of hydrogen-bond acceptors (Lipinski definition) is 5. The molecule has 2 aliphatic carbocycles. The molecule has 1 aromatic heterocycles. The highest BCUT2D eigenvalue weighted by atomic mass is 35.5. The number of halogens is 3. The molecule has 1 amide bonds. The molecule has 0 spiro atoms. The van der Waals surface area contributed by atoms with Crippen molar-refractivity contribution in [2.24, 2.45) is 11.8 Å². The van der Waals surface area contributed by atoms with Crippen LogP contribution in [0.1, 0.15) is 51.5 Å².